The van der Waals surface area contributed by atoms with Crippen LogP contribution in [0.2, 0.25) is 5.02 Å². The van der Waals surface area contributed by atoms with Crippen LogP contribution in [0.15, 0.2) is 24.3 Å². The highest BCUT2D eigenvalue weighted by atomic mass is 35.5. The van der Waals surface area contributed by atoms with Gasteiger partial charge in [0.15, 0.2) is 0 Å². The Morgan fingerprint density at radius 3 is 2.38 bits per heavy atom. The van der Waals surface area contributed by atoms with E-state index in [9.17, 15) is 14.4 Å². The summed E-state index contributed by atoms with van der Waals surface area (Å²) < 4.78 is 0. The average Bonchev–Trinajstić information content (AvgIpc) is 3.00. The van der Waals surface area contributed by atoms with Crippen molar-refractivity contribution < 1.29 is 14.4 Å². The van der Waals surface area contributed by atoms with Crippen molar-refractivity contribution in [1.29, 1.82) is 0 Å². The van der Waals surface area contributed by atoms with E-state index in [0.717, 1.165) is 6.42 Å². The van der Waals surface area contributed by atoms with Crippen molar-refractivity contribution in [3.63, 3.8) is 0 Å². The highest BCUT2D eigenvalue weighted by Crippen LogP contribution is 2.26. The van der Waals surface area contributed by atoms with Gasteiger partial charge in [-0.3, -0.25) is 19.3 Å². The molecule has 0 N–H and O–H groups in total. The maximum atomic E-state index is 12.7. The Balaban J connectivity index is 1.94. The van der Waals surface area contributed by atoms with Crippen molar-refractivity contribution >= 4 is 35.0 Å². The first-order chi connectivity index (χ1) is 13.5. The Bertz CT molecular complexity index is 743. The third-order valence-electron chi connectivity index (χ3n) is 4.97. The Labute approximate surface area is 178 Å². The summed E-state index contributed by atoms with van der Waals surface area (Å²) in [6, 6.07) is 6.94. The third kappa shape index (κ3) is 6.74. The first-order valence-electron chi connectivity index (χ1n) is 10.1. The minimum Gasteiger partial charge on any atom is -0.334 e. The van der Waals surface area contributed by atoms with Gasteiger partial charge in [0.1, 0.15) is 13.2 Å². The van der Waals surface area contributed by atoms with Gasteiger partial charge in [-0.2, -0.15) is 0 Å². The molecule has 1 heterocycles. The normalized spacial score (nSPS) is 15.6. The molecule has 1 atom stereocenters. The number of rotatable bonds is 7. The van der Waals surface area contributed by atoms with E-state index in [1.165, 1.54) is 4.90 Å². The smallest absolute Gasteiger partial charge is 0.248 e. The van der Waals surface area contributed by atoms with Crippen molar-refractivity contribution in [1.82, 2.24) is 9.80 Å². The molecule has 0 spiro atoms. The zero-order chi connectivity index (χ0) is 21.8. The quantitative estimate of drug-likeness (QED) is 0.673. The summed E-state index contributed by atoms with van der Waals surface area (Å²) in [5.41, 5.74) is 0.863. The van der Waals surface area contributed by atoms with E-state index in [4.69, 9.17) is 11.6 Å². The number of carbonyl (C=O) groups excluding carboxylic acids is 3. The second kappa shape index (κ2) is 9.61. The molecule has 1 aromatic carbocycles. The summed E-state index contributed by atoms with van der Waals surface area (Å²) in [4.78, 5) is 42.4. The number of nitrogens with zero attached hydrogens (tertiary/aromatic N) is 3. The van der Waals surface area contributed by atoms with Crippen molar-refractivity contribution in [3.8, 4) is 0 Å². The van der Waals surface area contributed by atoms with Crippen LogP contribution in [0.3, 0.4) is 0 Å². The van der Waals surface area contributed by atoms with Crippen LogP contribution in [0.5, 0.6) is 0 Å². The van der Waals surface area contributed by atoms with Gasteiger partial charge >= 0.3 is 0 Å². The number of carbonyl (C=O) groups is 3. The van der Waals surface area contributed by atoms with Crippen LogP contribution in [-0.4, -0.2) is 53.8 Å². The van der Waals surface area contributed by atoms with Crippen molar-refractivity contribution in [2.45, 2.75) is 47.5 Å². The zero-order valence-electron chi connectivity index (χ0n) is 18.1. The van der Waals surface area contributed by atoms with Gasteiger partial charge in [0.05, 0.1) is 6.54 Å². The van der Waals surface area contributed by atoms with E-state index < -0.39 is 0 Å². The fraction of sp³-hybridized carbons (Fsp3) is 0.591. The first-order valence-corrected chi connectivity index (χ1v) is 10.5. The van der Waals surface area contributed by atoms with E-state index >= 15 is 0 Å². The van der Waals surface area contributed by atoms with Crippen molar-refractivity contribution in [2.24, 2.45) is 11.3 Å². The largest absolute Gasteiger partial charge is 0.334 e. The summed E-state index contributed by atoms with van der Waals surface area (Å²) in [6.07, 6.45) is 1.37. The van der Waals surface area contributed by atoms with Gasteiger partial charge in [-0.05, 0) is 48.9 Å². The molecule has 0 aromatic heterocycles. The first kappa shape index (κ1) is 23.2. The van der Waals surface area contributed by atoms with Crippen LogP contribution >= 0.6 is 11.6 Å². The predicted octanol–water partition coefficient (Wildman–Crippen LogP) is 3.78. The molecule has 3 amide bonds. The van der Waals surface area contributed by atoms with Crippen LogP contribution in [0.1, 0.15) is 47.5 Å². The fourth-order valence-electron chi connectivity index (χ4n) is 3.75. The minimum absolute atomic E-state index is 0.000685. The lowest BCUT2D eigenvalue weighted by Gasteiger charge is -2.27. The molecule has 160 valence electrons. The molecule has 6 nitrogen and oxygen atoms in total. The predicted molar refractivity (Wildman–Crippen MR) is 116 cm³/mol. The van der Waals surface area contributed by atoms with Crippen molar-refractivity contribution in [2.75, 3.05) is 31.2 Å². The topological polar surface area (TPSA) is 60.9 Å². The Morgan fingerprint density at radius 1 is 1.21 bits per heavy atom. The van der Waals surface area contributed by atoms with Crippen LogP contribution in [0.25, 0.3) is 0 Å². The molecule has 0 aliphatic carbocycles. The summed E-state index contributed by atoms with van der Waals surface area (Å²) in [5.74, 6) is -0.125. The molecule has 1 saturated heterocycles. The Morgan fingerprint density at radius 2 is 1.83 bits per heavy atom. The standard InChI is InChI=1S/C22H32ClN3O3/c1-6-24(19(27)11-16(2)12-22(3,4)5)13-20(28)25-14-21(29)26(15-25)18-9-7-17(23)8-10-18/h7-10,16H,6,11-15H2,1-5H3. The maximum absolute atomic E-state index is 12.7. The SMILES string of the molecule is CCN(CC(=O)N1CC(=O)N(c2ccc(Cl)cc2)C1)C(=O)CC(C)CC(C)(C)C. The number of halogens is 1. The molecule has 1 aliphatic heterocycles. The molecule has 0 bridgehead atoms. The summed E-state index contributed by atoms with van der Waals surface area (Å²) in [6.45, 7) is 11.1. The van der Waals surface area contributed by atoms with Gasteiger partial charge in [-0.25, -0.2) is 0 Å². The lowest BCUT2D eigenvalue weighted by atomic mass is 9.84. The maximum Gasteiger partial charge on any atom is 0.248 e. The molecule has 0 saturated carbocycles. The molecule has 0 radical (unpaired) electrons. The number of likely N-dealkylation sites (N-methyl/N-ethyl adjacent to an activating group) is 1. The summed E-state index contributed by atoms with van der Waals surface area (Å²) >= 11 is 5.90. The molecule has 1 aliphatic rings. The highest BCUT2D eigenvalue weighted by Gasteiger charge is 2.33. The third-order valence-corrected chi connectivity index (χ3v) is 5.23. The number of amides is 3. The van der Waals surface area contributed by atoms with Gasteiger partial charge in [-0.1, -0.05) is 39.3 Å². The van der Waals surface area contributed by atoms with Crippen LogP contribution in [0.4, 0.5) is 5.69 Å². The van der Waals surface area contributed by atoms with Gasteiger partial charge in [0.25, 0.3) is 0 Å². The van der Waals surface area contributed by atoms with E-state index in [1.54, 1.807) is 34.1 Å². The van der Waals surface area contributed by atoms with E-state index in [-0.39, 0.29) is 48.8 Å². The van der Waals surface area contributed by atoms with Crippen molar-refractivity contribution in [3.05, 3.63) is 29.3 Å². The van der Waals surface area contributed by atoms with E-state index in [0.29, 0.717) is 23.7 Å². The number of hydrogen-bond acceptors (Lipinski definition) is 3. The van der Waals surface area contributed by atoms with Crippen LogP contribution < -0.4 is 4.90 Å². The molecule has 29 heavy (non-hydrogen) atoms. The van der Waals surface area contributed by atoms with Gasteiger partial charge < -0.3 is 9.80 Å². The van der Waals surface area contributed by atoms with E-state index in [2.05, 4.69) is 27.7 Å². The van der Waals surface area contributed by atoms with E-state index in [1.807, 2.05) is 6.92 Å². The Hall–Kier alpha value is -2.08. The zero-order valence-corrected chi connectivity index (χ0v) is 18.8. The molecule has 7 heteroatoms. The number of hydrogen-bond donors (Lipinski definition) is 0. The van der Waals surface area contributed by atoms with Gasteiger partial charge in [-0.15, -0.1) is 0 Å². The molecule has 2 rings (SSSR count). The molecular weight excluding hydrogens is 390 g/mol. The minimum atomic E-state index is -0.214. The second-order valence-corrected chi connectivity index (χ2v) is 9.45. The molecule has 1 unspecified atom stereocenters. The Kier molecular flexibility index (Phi) is 7.69. The number of benzene rings is 1. The van der Waals surface area contributed by atoms with Crippen LogP contribution in [-0.2, 0) is 14.4 Å². The fourth-order valence-corrected chi connectivity index (χ4v) is 3.87. The summed E-state index contributed by atoms with van der Waals surface area (Å²) in [5, 5.41) is 0.589. The van der Waals surface area contributed by atoms with Gasteiger partial charge in [0, 0.05) is 23.7 Å². The molecular formula is C22H32ClN3O3. The van der Waals surface area contributed by atoms with Gasteiger partial charge in [0.2, 0.25) is 17.7 Å². The van der Waals surface area contributed by atoms with Crippen LogP contribution in [0, 0.1) is 11.3 Å². The molecule has 1 aromatic rings. The number of anilines is 1. The summed E-state index contributed by atoms with van der Waals surface area (Å²) in [7, 11) is 0. The monoisotopic (exact) mass is 421 g/mol. The molecule has 1 fully saturated rings. The second-order valence-electron chi connectivity index (χ2n) is 9.01. The lowest BCUT2D eigenvalue weighted by molar-refractivity contribution is -0.140. The average molecular weight is 422 g/mol. The highest BCUT2D eigenvalue weighted by molar-refractivity contribution is 6.30. The lowest BCUT2D eigenvalue weighted by Crippen LogP contribution is -2.43.